The fourth-order valence-corrected chi connectivity index (χ4v) is 5.56. The Kier molecular flexibility index (Phi) is 8.13. The number of carbonyl (C=O) groups is 1. The number of sulfonamides is 1. The number of hydrogen-bond donors (Lipinski definition) is 1. The zero-order valence-corrected chi connectivity index (χ0v) is 20.9. The molecule has 0 aromatic heterocycles. The molecule has 1 amide bonds. The van der Waals surface area contributed by atoms with Crippen LogP contribution in [0.4, 0.5) is 10.1 Å². The van der Waals surface area contributed by atoms with E-state index in [1.807, 2.05) is 0 Å². The standard InChI is InChI=1S/C22H17Cl4FN2O3S/c1-13(22(30)28-12-14-8-17(25)10-18(26)9-14)29(21-11-16(24)4-7-20(21)27)33(31,32)19-5-2-15(23)3-6-19/h2-11,13H,12H2,1H3,(H,28,30). The van der Waals surface area contributed by atoms with E-state index in [1.54, 1.807) is 18.2 Å². The highest BCUT2D eigenvalue weighted by molar-refractivity contribution is 7.93. The lowest BCUT2D eigenvalue weighted by Gasteiger charge is -2.30. The molecular weight excluding hydrogens is 533 g/mol. The number of rotatable bonds is 7. The predicted molar refractivity (Wildman–Crippen MR) is 130 cm³/mol. The van der Waals surface area contributed by atoms with Crippen LogP contribution in [0, 0.1) is 5.82 Å². The lowest BCUT2D eigenvalue weighted by molar-refractivity contribution is -0.122. The lowest BCUT2D eigenvalue weighted by atomic mass is 10.2. The van der Waals surface area contributed by atoms with Crippen molar-refractivity contribution in [2.24, 2.45) is 0 Å². The van der Waals surface area contributed by atoms with Crippen LogP contribution in [0.3, 0.4) is 0 Å². The quantitative estimate of drug-likeness (QED) is 0.374. The van der Waals surface area contributed by atoms with Crippen molar-refractivity contribution < 1.29 is 17.6 Å². The van der Waals surface area contributed by atoms with Crippen LogP contribution in [0.15, 0.2) is 65.6 Å². The number of nitrogens with zero attached hydrogens (tertiary/aromatic N) is 1. The summed E-state index contributed by atoms with van der Waals surface area (Å²) in [5.74, 6) is -1.54. The molecule has 3 aromatic rings. The SMILES string of the molecule is CC(C(=O)NCc1cc(Cl)cc(Cl)c1)N(c1cc(Cl)ccc1F)S(=O)(=O)c1ccc(Cl)cc1. The molecular formula is C22H17Cl4FN2O3S. The topological polar surface area (TPSA) is 66.5 Å². The second kappa shape index (κ2) is 10.5. The second-order valence-corrected chi connectivity index (χ2v) is 10.6. The number of benzene rings is 3. The Morgan fingerprint density at radius 3 is 2.09 bits per heavy atom. The third kappa shape index (κ3) is 6.11. The summed E-state index contributed by atoms with van der Waals surface area (Å²) in [6.45, 7) is 1.37. The molecule has 0 fully saturated rings. The molecule has 174 valence electrons. The van der Waals surface area contributed by atoms with Gasteiger partial charge in [-0.05, 0) is 73.2 Å². The molecule has 0 saturated carbocycles. The van der Waals surface area contributed by atoms with Crippen LogP contribution in [-0.4, -0.2) is 20.4 Å². The van der Waals surface area contributed by atoms with E-state index in [9.17, 15) is 17.6 Å². The van der Waals surface area contributed by atoms with Crippen molar-refractivity contribution in [2.75, 3.05) is 4.31 Å². The van der Waals surface area contributed by atoms with E-state index in [1.165, 1.54) is 37.3 Å². The molecule has 1 N–H and O–H groups in total. The third-order valence-electron chi connectivity index (χ3n) is 4.64. The van der Waals surface area contributed by atoms with Crippen LogP contribution in [0.1, 0.15) is 12.5 Å². The predicted octanol–water partition coefficient (Wildman–Crippen LogP) is 6.34. The highest BCUT2D eigenvalue weighted by Crippen LogP contribution is 2.31. The number of amides is 1. The molecule has 3 aromatic carbocycles. The van der Waals surface area contributed by atoms with Crippen molar-refractivity contribution in [3.8, 4) is 0 Å². The average molecular weight is 550 g/mol. The number of anilines is 1. The summed E-state index contributed by atoms with van der Waals surface area (Å²) in [7, 11) is -4.38. The number of carbonyl (C=O) groups excluding carboxylic acids is 1. The van der Waals surface area contributed by atoms with Crippen molar-refractivity contribution in [1.82, 2.24) is 5.32 Å². The highest BCUT2D eigenvalue weighted by Gasteiger charge is 2.35. The first-order valence-electron chi connectivity index (χ1n) is 9.47. The minimum Gasteiger partial charge on any atom is -0.350 e. The first-order valence-corrected chi connectivity index (χ1v) is 12.4. The van der Waals surface area contributed by atoms with Gasteiger partial charge in [-0.25, -0.2) is 12.8 Å². The van der Waals surface area contributed by atoms with Crippen molar-refractivity contribution >= 4 is 68.0 Å². The molecule has 0 aliphatic rings. The van der Waals surface area contributed by atoms with Crippen LogP contribution in [0.2, 0.25) is 20.1 Å². The maximum absolute atomic E-state index is 14.7. The molecule has 0 heterocycles. The molecule has 0 saturated heterocycles. The molecule has 0 aliphatic carbocycles. The molecule has 0 spiro atoms. The minimum atomic E-state index is -4.38. The van der Waals surface area contributed by atoms with Gasteiger partial charge in [0, 0.05) is 26.6 Å². The van der Waals surface area contributed by atoms with E-state index in [-0.39, 0.29) is 22.2 Å². The second-order valence-electron chi connectivity index (χ2n) is 7.02. The maximum Gasteiger partial charge on any atom is 0.265 e. The van der Waals surface area contributed by atoms with Crippen molar-refractivity contribution in [3.05, 3.63) is 92.1 Å². The van der Waals surface area contributed by atoms with Gasteiger partial charge < -0.3 is 5.32 Å². The Morgan fingerprint density at radius 2 is 1.48 bits per heavy atom. The van der Waals surface area contributed by atoms with Gasteiger partial charge in [-0.15, -0.1) is 0 Å². The first kappa shape index (κ1) is 25.6. The molecule has 11 heteroatoms. The number of halogens is 5. The van der Waals surface area contributed by atoms with Gasteiger partial charge in [0.05, 0.1) is 10.6 Å². The van der Waals surface area contributed by atoms with Gasteiger partial charge >= 0.3 is 0 Å². The minimum absolute atomic E-state index is 0.0241. The van der Waals surface area contributed by atoms with E-state index < -0.39 is 27.8 Å². The third-order valence-corrected chi connectivity index (χ3v) is 7.46. The fraction of sp³-hybridized carbons (Fsp3) is 0.136. The molecule has 3 rings (SSSR count). The fourth-order valence-electron chi connectivity index (χ4n) is 3.08. The largest absolute Gasteiger partial charge is 0.350 e. The van der Waals surface area contributed by atoms with E-state index >= 15 is 0 Å². The van der Waals surface area contributed by atoms with Gasteiger partial charge in [0.15, 0.2) is 0 Å². The first-order chi connectivity index (χ1) is 15.5. The molecule has 5 nitrogen and oxygen atoms in total. The van der Waals surface area contributed by atoms with Crippen molar-refractivity contribution in [2.45, 2.75) is 24.4 Å². The number of nitrogens with one attached hydrogen (secondary N) is 1. The summed E-state index contributed by atoms with van der Waals surface area (Å²) in [6.07, 6.45) is 0. The summed E-state index contributed by atoms with van der Waals surface area (Å²) in [6, 6.07) is 12.2. The Morgan fingerprint density at radius 1 is 0.909 bits per heavy atom. The molecule has 0 bridgehead atoms. The van der Waals surface area contributed by atoms with Crippen LogP contribution in [0.25, 0.3) is 0 Å². The molecule has 1 atom stereocenters. The Balaban J connectivity index is 1.98. The van der Waals surface area contributed by atoms with Gasteiger partial charge in [0.2, 0.25) is 5.91 Å². The monoisotopic (exact) mass is 548 g/mol. The summed E-state index contributed by atoms with van der Waals surface area (Å²) >= 11 is 23.8. The zero-order valence-electron chi connectivity index (χ0n) is 17.0. The molecule has 0 radical (unpaired) electrons. The van der Waals surface area contributed by atoms with Gasteiger partial charge in [-0.2, -0.15) is 0 Å². The van der Waals surface area contributed by atoms with Gasteiger partial charge in [0.25, 0.3) is 10.0 Å². The lowest BCUT2D eigenvalue weighted by Crippen LogP contribution is -2.48. The summed E-state index contributed by atoms with van der Waals surface area (Å²) < 4.78 is 42.4. The van der Waals surface area contributed by atoms with E-state index in [2.05, 4.69) is 5.32 Å². The zero-order chi connectivity index (χ0) is 24.3. The Labute approximate surface area is 211 Å². The highest BCUT2D eigenvalue weighted by atomic mass is 35.5. The van der Waals surface area contributed by atoms with E-state index in [0.29, 0.717) is 24.9 Å². The van der Waals surface area contributed by atoms with E-state index in [0.717, 1.165) is 12.1 Å². The Hall–Kier alpha value is -2.03. The van der Waals surface area contributed by atoms with Gasteiger partial charge in [0.1, 0.15) is 11.9 Å². The number of hydrogen-bond acceptors (Lipinski definition) is 3. The summed E-state index contributed by atoms with van der Waals surface area (Å²) in [5, 5.41) is 3.82. The molecule has 0 aliphatic heterocycles. The van der Waals surface area contributed by atoms with Crippen LogP contribution < -0.4 is 9.62 Å². The van der Waals surface area contributed by atoms with Crippen LogP contribution >= 0.6 is 46.4 Å². The maximum atomic E-state index is 14.7. The average Bonchev–Trinajstić information content (AvgIpc) is 2.74. The smallest absolute Gasteiger partial charge is 0.265 e. The summed E-state index contributed by atoms with van der Waals surface area (Å²) in [5.41, 5.74) is 0.236. The van der Waals surface area contributed by atoms with Gasteiger partial charge in [-0.3, -0.25) is 9.10 Å². The molecule has 33 heavy (non-hydrogen) atoms. The van der Waals surface area contributed by atoms with E-state index in [4.69, 9.17) is 46.4 Å². The molecule has 1 unspecified atom stereocenters. The summed E-state index contributed by atoms with van der Waals surface area (Å²) in [4.78, 5) is 12.8. The Bertz CT molecular complexity index is 1270. The normalized spacial score (nSPS) is 12.3. The van der Waals surface area contributed by atoms with Gasteiger partial charge in [-0.1, -0.05) is 46.4 Å². The van der Waals surface area contributed by atoms with Crippen LogP contribution in [-0.2, 0) is 21.4 Å². The van der Waals surface area contributed by atoms with Crippen LogP contribution in [0.5, 0.6) is 0 Å². The van der Waals surface area contributed by atoms with Crippen molar-refractivity contribution in [3.63, 3.8) is 0 Å². The van der Waals surface area contributed by atoms with Crippen molar-refractivity contribution in [1.29, 1.82) is 0 Å².